The summed E-state index contributed by atoms with van der Waals surface area (Å²) < 4.78 is 1.95. The van der Waals surface area contributed by atoms with Gasteiger partial charge in [0.15, 0.2) is 0 Å². The normalized spacial score (nSPS) is 19.7. The molecule has 1 atom stereocenters. The Balaban J connectivity index is 1.39. The number of rotatable bonds is 4. The number of aromatic nitrogens is 3. The molecule has 0 spiro atoms. The standard InChI is InChI=1S/C21H28N6O2/c1-15-9-17(13-22-11-15)20(28)23-12-16-3-4-27-19(10-16)18(14-24-27)21(29)26-7-5-25(2)6-8-26/h9,11,13-14,16H,3-8,10,12H2,1-2H3,(H,23,28)/t16-/m1/s1. The van der Waals surface area contributed by atoms with E-state index in [1.165, 1.54) is 0 Å². The third-order valence-corrected chi connectivity index (χ3v) is 5.89. The van der Waals surface area contributed by atoms with Gasteiger partial charge >= 0.3 is 0 Å². The summed E-state index contributed by atoms with van der Waals surface area (Å²) in [7, 11) is 2.08. The van der Waals surface area contributed by atoms with Crippen molar-refractivity contribution in [2.45, 2.75) is 26.3 Å². The van der Waals surface area contributed by atoms with Crippen molar-refractivity contribution in [3.05, 3.63) is 47.0 Å². The van der Waals surface area contributed by atoms with Crippen LogP contribution in [0, 0.1) is 12.8 Å². The lowest BCUT2D eigenvalue weighted by Gasteiger charge is -2.32. The van der Waals surface area contributed by atoms with Crippen LogP contribution in [0.2, 0.25) is 0 Å². The van der Waals surface area contributed by atoms with Gasteiger partial charge < -0.3 is 15.1 Å². The first-order chi connectivity index (χ1) is 14.0. The minimum absolute atomic E-state index is 0.0786. The smallest absolute Gasteiger partial charge is 0.257 e. The van der Waals surface area contributed by atoms with E-state index in [4.69, 9.17) is 0 Å². The highest BCUT2D eigenvalue weighted by Crippen LogP contribution is 2.24. The minimum atomic E-state index is -0.103. The summed E-state index contributed by atoms with van der Waals surface area (Å²) >= 11 is 0. The van der Waals surface area contributed by atoms with E-state index in [9.17, 15) is 9.59 Å². The van der Waals surface area contributed by atoms with E-state index in [1.54, 1.807) is 18.6 Å². The van der Waals surface area contributed by atoms with Crippen LogP contribution in [0.4, 0.5) is 0 Å². The molecule has 0 saturated carbocycles. The summed E-state index contributed by atoms with van der Waals surface area (Å²) in [6.07, 6.45) is 6.72. The van der Waals surface area contributed by atoms with E-state index in [0.29, 0.717) is 23.6 Å². The van der Waals surface area contributed by atoms with Crippen LogP contribution >= 0.6 is 0 Å². The third-order valence-electron chi connectivity index (χ3n) is 5.89. The molecule has 2 aliphatic rings. The van der Waals surface area contributed by atoms with Crippen LogP contribution in [0.15, 0.2) is 24.7 Å². The largest absolute Gasteiger partial charge is 0.352 e. The Bertz CT molecular complexity index is 900. The maximum atomic E-state index is 13.0. The summed E-state index contributed by atoms with van der Waals surface area (Å²) in [5.74, 6) is 0.267. The van der Waals surface area contributed by atoms with Gasteiger partial charge in [-0.15, -0.1) is 0 Å². The van der Waals surface area contributed by atoms with Crippen molar-refractivity contribution in [2.24, 2.45) is 5.92 Å². The minimum Gasteiger partial charge on any atom is -0.352 e. The topological polar surface area (TPSA) is 83.4 Å². The third kappa shape index (κ3) is 4.32. The Labute approximate surface area is 170 Å². The second kappa shape index (κ2) is 8.32. The van der Waals surface area contributed by atoms with Gasteiger partial charge in [0.2, 0.25) is 0 Å². The zero-order chi connectivity index (χ0) is 20.4. The molecule has 8 nitrogen and oxygen atoms in total. The van der Waals surface area contributed by atoms with E-state index in [1.807, 2.05) is 22.6 Å². The predicted molar refractivity (Wildman–Crippen MR) is 109 cm³/mol. The molecular weight excluding hydrogens is 368 g/mol. The number of amides is 2. The number of pyridine rings is 1. The summed E-state index contributed by atoms with van der Waals surface area (Å²) in [5.41, 5.74) is 3.26. The number of hydrogen-bond acceptors (Lipinski definition) is 5. The summed E-state index contributed by atoms with van der Waals surface area (Å²) in [6.45, 7) is 6.59. The zero-order valence-electron chi connectivity index (χ0n) is 17.1. The van der Waals surface area contributed by atoms with Crippen LogP contribution < -0.4 is 5.32 Å². The van der Waals surface area contributed by atoms with Crippen molar-refractivity contribution < 1.29 is 9.59 Å². The molecule has 2 aromatic heterocycles. The van der Waals surface area contributed by atoms with Crippen molar-refractivity contribution in [2.75, 3.05) is 39.8 Å². The maximum absolute atomic E-state index is 13.0. The van der Waals surface area contributed by atoms with E-state index in [2.05, 4.69) is 27.3 Å². The number of likely N-dealkylation sites (N-methyl/N-ethyl adjacent to an activating group) is 1. The van der Waals surface area contributed by atoms with Gasteiger partial charge in [0, 0.05) is 51.7 Å². The SMILES string of the molecule is Cc1cncc(C(=O)NC[C@@H]2CCn3ncc(C(=O)N4CCN(C)CC4)c3C2)c1. The maximum Gasteiger partial charge on any atom is 0.257 e. The fourth-order valence-electron chi connectivity index (χ4n) is 4.05. The lowest BCUT2D eigenvalue weighted by molar-refractivity contribution is 0.0661. The van der Waals surface area contributed by atoms with Gasteiger partial charge in [-0.2, -0.15) is 5.10 Å². The van der Waals surface area contributed by atoms with Gasteiger partial charge in [-0.1, -0.05) is 0 Å². The molecule has 2 aromatic rings. The van der Waals surface area contributed by atoms with E-state index < -0.39 is 0 Å². The highest BCUT2D eigenvalue weighted by molar-refractivity contribution is 5.95. The average molecular weight is 396 g/mol. The predicted octanol–water partition coefficient (Wildman–Crippen LogP) is 0.967. The number of nitrogens with zero attached hydrogens (tertiary/aromatic N) is 5. The number of hydrogen-bond donors (Lipinski definition) is 1. The first-order valence-electron chi connectivity index (χ1n) is 10.2. The Morgan fingerprint density at radius 1 is 1.14 bits per heavy atom. The van der Waals surface area contributed by atoms with Crippen molar-refractivity contribution in [1.82, 2.24) is 29.9 Å². The molecule has 29 heavy (non-hydrogen) atoms. The monoisotopic (exact) mass is 396 g/mol. The zero-order valence-corrected chi connectivity index (χ0v) is 17.1. The van der Waals surface area contributed by atoms with Gasteiger partial charge in [0.25, 0.3) is 11.8 Å². The van der Waals surface area contributed by atoms with Crippen LogP contribution in [0.5, 0.6) is 0 Å². The Kier molecular flexibility index (Phi) is 5.62. The molecule has 1 fully saturated rings. The van der Waals surface area contributed by atoms with Crippen LogP contribution in [-0.2, 0) is 13.0 Å². The quantitative estimate of drug-likeness (QED) is 0.833. The molecule has 0 radical (unpaired) electrons. The van der Waals surface area contributed by atoms with Crippen LogP contribution in [0.25, 0.3) is 0 Å². The second-order valence-electron chi connectivity index (χ2n) is 8.14. The highest BCUT2D eigenvalue weighted by atomic mass is 16.2. The fraction of sp³-hybridized carbons (Fsp3) is 0.524. The number of piperazine rings is 1. The summed E-state index contributed by atoms with van der Waals surface area (Å²) in [5, 5.41) is 7.46. The van der Waals surface area contributed by atoms with Gasteiger partial charge in [0.1, 0.15) is 0 Å². The molecule has 0 aliphatic carbocycles. The molecule has 1 N–H and O–H groups in total. The van der Waals surface area contributed by atoms with Crippen LogP contribution in [0.3, 0.4) is 0 Å². The summed E-state index contributed by atoms with van der Waals surface area (Å²) in [6, 6.07) is 1.84. The molecule has 4 heterocycles. The van der Waals surface area contributed by atoms with Crippen molar-refractivity contribution in [3.63, 3.8) is 0 Å². The van der Waals surface area contributed by atoms with Crippen LogP contribution in [0.1, 0.15) is 38.4 Å². The van der Waals surface area contributed by atoms with Gasteiger partial charge in [0.05, 0.1) is 23.0 Å². The molecular formula is C21H28N6O2. The fourth-order valence-corrected chi connectivity index (χ4v) is 4.05. The number of carbonyl (C=O) groups is 2. The molecule has 2 aliphatic heterocycles. The van der Waals surface area contributed by atoms with Gasteiger partial charge in [-0.05, 0) is 44.4 Å². The number of fused-ring (bicyclic) bond motifs is 1. The average Bonchev–Trinajstić information content (AvgIpc) is 3.15. The van der Waals surface area contributed by atoms with E-state index in [0.717, 1.165) is 56.8 Å². The number of aryl methyl sites for hydroxylation is 2. The lowest BCUT2D eigenvalue weighted by Crippen LogP contribution is -2.47. The molecule has 0 unspecified atom stereocenters. The van der Waals surface area contributed by atoms with Crippen molar-refractivity contribution >= 4 is 11.8 Å². The Morgan fingerprint density at radius 3 is 2.69 bits per heavy atom. The Morgan fingerprint density at radius 2 is 1.93 bits per heavy atom. The number of nitrogens with one attached hydrogen (secondary N) is 1. The highest BCUT2D eigenvalue weighted by Gasteiger charge is 2.29. The van der Waals surface area contributed by atoms with E-state index >= 15 is 0 Å². The molecule has 2 amide bonds. The molecule has 1 saturated heterocycles. The molecule has 0 aromatic carbocycles. The summed E-state index contributed by atoms with van der Waals surface area (Å²) in [4.78, 5) is 33.7. The number of carbonyl (C=O) groups excluding carboxylic acids is 2. The van der Waals surface area contributed by atoms with Crippen LogP contribution in [-0.4, -0.2) is 76.2 Å². The molecule has 8 heteroatoms. The van der Waals surface area contributed by atoms with Gasteiger partial charge in [-0.25, -0.2) is 0 Å². The van der Waals surface area contributed by atoms with E-state index in [-0.39, 0.29) is 11.8 Å². The van der Waals surface area contributed by atoms with Crippen molar-refractivity contribution in [3.8, 4) is 0 Å². The molecule has 0 bridgehead atoms. The Hall–Kier alpha value is -2.74. The molecule has 154 valence electrons. The second-order valence-corrected chi connectivity index (χ2v) is 8.14. The first-order valence-corrected chi connectivity index (χ1v) is 10.2. The molecule has 4 rings (SSSR count). The lowest BCUT2D eigenvalue weighted by atomic mass is 9.94. The van der Waals surface area contributed by atoms with Gasteiger partial charge in [-0.3, -0.25) is 19.3 Å². The van der Waals surface area contributed by atoms with Crippen molar-refractivity contribution in [1.29, 1.82) is 0 Å². The first kappa shape index (κ1) is 19.6.